The van der Waals surface area contributed by atoms with Gasteiger partial charge in [0.25, 0.3) is 0 Å². The van der Waals surface area contributed by atoms with E-state index in [1.165, 1.54) is 0 Å². The second kappa shape index (κ2) is 11.1. The first-order chi connectivity index (χ1) is 4.18. The van der Waals surface area contributed by atoms with E-state index in [1.807, 2.05) is 6.92 Å². The maximum absolute atomic E-state index is 10.3. The quantitative estimate of drug-likeness (QED) is 0.468. The summed E-state index contributed by atoms with van der Waals surface area (Å²) in [6.45, 7) is 1.91. The van der Waals surface area contributed by atoms with Crippen molar-refractivity contribution in [3.05, 3.63) is 0 Å². The number of hydrogen-bond donors (Lipinski definition) is 1. The predicted molar refractivity (Wildman–Crippen MR) is 46.5 cm³/mol. The molecule has 0 aromatic rings. The minimum atomic E-state index is -1.32. The van der Waals surface area contributed by atoms with E-state index in [1.54, 1.807) is 0 Å². The van der Waals surface area contributed by atoms with Gasteiger partial charge in [0.1, 0.15) is 0 Å². The molecule has 0 saturated heterocycles. The van der Waals surface area contributed by atoms with E-state index >= 15 is 0 Å². The molecule has 5 heteroatoms. The standard InChI is InChI=1S/C6H10O3.2Na.2H/c1-2-3-4-5(7)6(8)9;;;;/h2-4H2,1H3,(H,8,9);;;;. The average molecular weight is 178 g/mol. The summed E-state index contributed by atoms with van der Waals surface area (Å²) in [5.74, 6) is -2.00. The predicted octanol–water partition coefficient (Wildman–Crippen LogP) is -0.467. The summed E-state index contributed by atoms with van der Waals surface area (Å²) >= 11 is 0. The Kier molecular flexibility index (Phi) is 18.3. The van der Waals surface area contributed by atoms with Crippen molar-refractivity contribution in [2.45, 2.75) is 26.2 Å². The van der Waals surface area contributed by atoms with Crippen LogP contribution in [0, 0.1) is 0 Å². The average Bonchev–Trinajstić information content (AvgIpc) is 1.82. The fourth-order valence-corrected chi connectivity index (χ4v) is 0.444. The van der Waals surface area contributed by atoms with Crippen LogP contribution in [0.4, 0.5) is 0 Å². The van der Waals surface area contributed by atoms with E-state index in [2.05, 4.69) is 0 Å². The number of carboxylic acid groups (broad SMARTS) is 1. The number of carboxylic acids is 1. The van der Waals surface area contributed by atoms with E-state index in [0.717, 1.165) is 6.42 Å². The molecule has 56 valence electrons. The number of hydrogen-bond acceptors (Lipinski definition) is 2. The number of Topliss-reactive ketones (excluding diaryl/α,β-unsaturated/α-hetero) is 1. The van der Waals surface area contributed by atoms with Crippen molar-refractivity contribution in [1.29, 1.82) is 0 Å². The zero-order chi connectivity index (χ0) is 7.28. The van der Waals surface area contributed by atoms with Gasteiger partial charge in [-0.1, -0.05) is 13.3 Å². The Bertz CT molecular complexity index is 125. The van der Waals surface area contributed by atoms with Gasteiger partial charge in [0.05, 0.1) is 0 Å². The normalized spacial score (nSPS) is 7.36. The zero-order valence-electron chi connectivity index (χ0n) is 5.39. The number of aliphatic carboxylic acids is 1. The molecule has 0 heterocycles. The molecule has 0 aromatic carbocycles. The van der Waals surface area contributed by atoms with Crippen LogP contribution in [0.3, 0.4) is 0 Å². The minimum absolute atomic E-state index is 0. The fourth-order valence-electron chi connectivity index (χ4n) is 0.444. The topological polar surface area (TPSA) is 54.4 Å². The first-order valence-electron chi connectivity index (χ1n) is 2.94. The van der Waals surface area contributed by atoms with Gasteiger partial charge in [0.2, 0.25) is 5.78 Å². The first-order valence-corrected chi connectivity index (χ1v) is 2.94. The number of rotatable bonds is 4. The molecule has 0 bridgehead atoms. The molecular weight excluding hydrogens is 166 g/mol. The van der Waals surface area contributed by atoms with Crippen LogP contribution in [0.5, 0.6) is 0 Å². The molecule has 1 N–H and O–H groups in total. The van der Waals surface area contributed by atoms with Crippen molar-refractivity contribution in [1.82, 2.24) is 0 Å². The summed E-state index contributed by atoms with van der Waals surface area (Å²) in [4.78, 5) is 20.2. The van der Waals surface area contributed by atoms with Crippen LogP contribution in [-0.2, 0) is 9.59 Å². The summed E-state index contributed by atoms with van der Waals surface area (Å²) in [5.41, 5.74) is 0. The van der Waals surface area contributed by atoms with E-state index in [0.29, 0.717) is 6.42 Å². The second-order valence-electron chi connectivity index (χ2n) is 1.83. The van der Waals surface area contributed by atoms with Crippen molar-refractivity contribution in [2.75, 3.05) is 0 Å². The molecular formula is C6H12Na2O3. The van der Waals surface area contributed by atoms with Gasteiger partial charge in [0, 0.05) is 6.42 Å². The van der Waals surface area contributed by atoms with E-state index in [-0.39, 0.29) is 65.5 Å². The van der Waals surface area contributed by atoms with Gasteiger partial charge in [-0.05, 0) is 6.42 Å². The maximum atomic E-state index is 10.3. The molecule has 0 aliphatic rings. The SMILES string of the molecule is CCCCC(=O)C(=O)O.[NaH].[NaH]. The molecule has 0 aromatic heterocycles. The molecule has 11 heavy (non-hydrogen) atoms. The Labute approximate surface area is 111 Å². The molecule has 0 fully saturated rings. The number of carbonyl (C=O) groups excluding carboxylic acids is 1. The molecule has 0 spiro atoms. The molecule has 0 aliphatic carbocycles. The van der Waals surface area contributed by atoms with Gasteiger partial charge in [-0.25, -0.2) is 4.79 Å². The molecule has 0 amide bonds. The summed E-state index contributed by atoms with van der Waals surface area (Å²) < 4.78 is 0. The van der Waals surface area contributed by atoms with E-state index in [4.69, 9.17) is 5.11 Å². The van der Waals surface area contributed by atoms with Crippen LogP contribution in [-0.4, -0.2) is 76.0 Å². The Hall–Kier alpha value is 1.14. The Morgan fingerprint density at radius 3 is 2.00 bits per heavy atom. The monoisotopic (exact) mass is 178 g/mol. The third-order valence-corrected chi connectivity index (χ3v) is 0.996. The summed E-state index contributed by atoms with van der Waals surface area (Å²) in [5, 5.41) is 8.06. The van der Waals surface area contributed by atoms with Gasteiger partial charge in [-0.15, -0.1) is 0 Å². The Morgan fingerprint density at radius 2 is 1.73 bits per heavy atom. The third kappa shape index (κ3) is 11.1. The van der Waals surface area contributed by atoms with Crippen molar-refractivity contribution >= 4 is 70.9 Å². The van der Waals surface area contributed by atoms with Crippen LogP contribution in [0.15, 0.2) is 0 Å². The van der Waals surface area contributed by atoms with Crippen LogP contribution in [0.2, 0.25) is 0 Å². The van der Waals surface area contributed by atoms with Crippen LogP contribution >= 0.6 is 0 Å². The third-order valence-electron chi connectivity index (χ3n) is 0.996. The number of carbonyl (C=O) groups is 2. The van der Waals surface area contributed by atoms with Gasteiger partial charge >= 0.3 is 65.1 Å². The Morgan fingerprint density at radius 1 is 1.27 bits per heavy atom. The van der Waals surface area contributed by atoms with Crippen LogP contribution in [0.25, 0.3) is 0 Å². The number of unbranched alkanes of at least 4 members (excludes halogenated alkanes) is 1. The van der Waals surface area contributed by atoms with Gasteiger partial charge in [-0.3, -0.25) is 4.79 Å². The van der Waals surface area contributed by atoms with Crippen molar-refractivity contribution in [2.24, 2.45) is 0 Å². The van der Waals surface area contributed by atoms with Crippen molar-refractivity contribution in [3.8, 4) is 0 Å². The summed E-state index contributed by atoms with van der Waals surface area (Å²) in [6, 6.07) is 0. The molecule has 0 saturated carbocycles. The van der Waals surface area contributed by atoms with Gasteiger partial charge < -0.3 is 5.11 Å². The molecule has 0 rings (SSSR count). The van der Waals surface area contributed by atoms with E-state index < -0.39 is 11.8 Å². The summed E-state index contributed by atoms with van der Waals surface area (Å²) in [6.07, 6.45) is 1.70. The Balaban J connectivity index is -0.000000320. The van der Waals surface area contributed by atoms with Gasteiger partial charge in [0.15, 0.2) is 0 Å². The van der Waals surface area contributed by atoms with Crippen LogP contribution in [0.1, 0.15) is 26.2 Å². The van der Waals surface area contributed by atoms with Crippen molar-refractivity contribution < 1.29 is 14.7 Å². The molecule has 0 aliphatic heterocycles. The zero-order valence-corrected chi connectivity index (χ0v) is 5.39. The molecule has 0 unspecified atom stereocenters. The van der Waals surface area contributed by atoms with E-state index in [9.17, 15) is 9.59 Å². The molecule has 3 nitrogen and oxygen atoms in total. The number of ketones is 1. The molecule has 0 atom stereocenters. The van der Waals surface area contributed by atoms with Gasteiger partial charge in [-0.2, -0.15) is 0 Å². The summed E-state index contributed by atoms with van der Waals surface area (Å²) in [7, 11) is 0. The second-order valence-corrected chi connectivity index (χ2v) is 1.83. The first kappa shape index (κ1) is 18.0. The van der Waals surface area contributed by atoms with Crippen LogP contribution < -0.4 is 0 Å². The molecule has 0 radical (unpaired) electrons. The van der Waals surface area contributed by atoms with Crippen molar-refractivity contribution in [3.63, 3.8) is 0 Å². The fraction of sp³-hybridized carbons (Fsp3) is 0.667.